The van der Waals surface area contributed by atoms with Gasteiger partial charge in [0.25, 0.3) is 0 Å². The molecule has 0 aliphatic rings. The second-order valence-electron chi connectivity index (χ2n) is 5.28. The number of pyridine rings is 1. The highest BCUT2D eigenvalue weighted by atomic mass is 19.1. The molecule has 0 amide bonds. The Morgan fingerprint density at radius 1 is 1.04 bits per heavy atom. The zero-order chi connectivity index (χ0) is 17.4. The van der Waals surface area contributed by atoms with E-state index in [1.165, 1.54) is 25.4 Å². The van der Waals surface area contributed by atoms with Crippen LogP contribution in [0.15, 0.2) is 36.5 Å². The molecule has 0 unspecified atom stereocenters. The van der Waals surface area contributed by atoms with Crippen LogP contribution in [0.5, 0.6) is 0 Å². The fraction of sp³-hybridized carbons (Fsp3) is 0.111. The highest BCUT2D eigenvalue weighted by molar-refractivity contribution is 6.01. The minimum absolute atomic E-state index is 0.223. The maximum atomic E-state index is 14.2. The zero-order valence-corrected chi connectivity index (χ0v) is 12.9. The number of esters is 1. The smallest absolute Gasteiger partial charge is 0.337 e. The van der Waals surface area contributed by atoms with Crippen molar-refractivity contribution >= 4 is 16.9 Å². The van der Waals surface area contributed by atoms with E-state index in [1.54, 1.807) is 13.0 Å². The lowest BCUT2D eigenvalue weighted by atomic mass is 9.95. The molecular formula is C18H12F3NO2. The predicted molar refractivity (Wildman–Crippen MR) is 83.1 cm³/mol. The normalized spacial score (nSPS) is 10.9. The number of aromatic nitrogens is 1. The summed E-state index contributed by atoms with van der Waals surface area (Å²) >= 11 is 0. The van der Waals surface area contributed by atoms with Crippen molar-refractivity contribution in [1.82, 2.24) is 4.98 Å². The number of benzene rings is 2. The Kier molecular flexibility index (Phi) is 3.97. The highest BCUT2D eigenvalue weighted by Gasteiger charge is 2.19. The molecule has 0 radical (unpaired) electrons. The SMILES string of the molecule is COC(=O)c1ccc2ncc(C)c(-c3c(F)cc(F)cc3F)c2c1. The minimum atomic E-state index is -1.02. The van der Waals surface area contributed by atoms with Gasteiger partial charge in [0.1, 0.15) is 17.5 Å². The van der Waals surface area contributed by atoms with Crippen molar-refractivity contribution in [3.8, 4) is 11.1 Å². The van der Waals surface area contributed by atoms with Crippen LogP contribution >= 0.6 is 0 Å². The van der Waals surface area contributed by atoms with Gasteiger partial charge in [-0.1, -0.05) is 0 Å². The van der Waals surface area contributed by atoms with Crippen LogP contribution in [-0.2, 0) is 4.74 Å². The molecule has 0 spiro atoms. The lowest BCUT2D eigenvalue weighted by molar-refractivity contribution is 0.0601. The number of methoxy groups -OCH3 is 1. The molecule has 0 saturated heterocycles. The zero-order valence-electron chi connectivity index (χ0n) is 12.9. The van der Waals surface area contributed by atoms with E-state index in [0.29, 0.717) is 28.6 Å². The van der Waals surface area contributed by atoms with Crippen LogP contribution in [0.3, 0.4) is 0 Å². The van der Waals surface area contributed by atoms with Gasteiger partial charge in [0.15, 0.2) is 0 Å². The maximum absolute atomic E-state index is 14.2. The second-order valence-corrected chi connectivity index (χ2v) is 5.28. The first-order valence-corrected chi connectivity index (χ1v) is 7.05. The Bertz CT molecular complexity index is 947. The molecule has 0 aliphatic carbocycles. The van der Waals surface area contributed by atoms with Crippen molar-refractivity contribution in [2.75, 3.05) is 7.11 Å². The van der Waals surface area contributed by atoms with Gasteiger partial charge in [0.2, 0.25) is 0 Å². The third kappa shape index (κ3) is 2.60. The number of hydrogen-bond donors (Lipinski definition) is 0. The van der Waals surface area contributed by atoms with E-state index in [1.807, 2.05) is 0 Å². The Morgan fingerprint density at radius 3 is 2.33 bits per heavy atom. The molecule has 0 aliphatic heterocycles. The summed E-state index contributed by atoms with van der Waals surface area (Å²) in [5.41, 5.74) is 1.03. The lowest BCUT2D eigenvalue weighted by Gasteiger charge is -2.13. The van der Waals surface area contributed by atoms with Crippen LogP contribution in [-0.4, -0.2) is 18.1 Å². The van der Waals surface area contributed by atoms with E-state index in [-0.39, 0.29) is 16.7 Å². The molecule has 1 aromatic heterocycles. The quantitative estimate of drug-likeness (QED) is 0.653. The molecule has 1 heterocycles. The minimum Gasteiger partial charge on any atom is -0.465 e. The van der Waals surface area contributed by atoms with Crippen LogP contribution < -0.4 is 0 Å². The number of ether oxygens (including phenoxy) is 1. The summed E-state index contributed by atoms with van der Waals surface area (Å²) < 4.78 is 46.3. The Labute approximate surface area is 135 Å². The molecule has 2 aromatic carbocycles. The van der Waals surface area contributed by atoms with Crippen molar-refractivity contribution < 1.29 is 22.7 Å². The lowest BCUT2D eigenvalue weighted by Crippen LogP contribution is -2.02. The van der Waals surface area contributed by atoms with Gasteiger partial charge in [-0.2, -0.15) is 0 Å². The Balaban J connectivity index is 2.39. The molecule has 0 N–H and O–H groups in total. The summed E-state index contributed by atoms with van der Waals surface area (Å²) in [4.78, 5) is 15.9. The number of aryl methyl sites for hydroxylation is 1. The van der Waals surface area contributed by atoms with Gasteiger partial charge in [-0.15, -0.1) is 0 Å². The fourth-order valence-corrected chi connectivity index (χ4v) is 2.65. The number of carbonyl (C=O) groups excluding carboxylic acids is 1. The van der Waals surface area contributed by atoms with Crippen LogP contribution in [0.25, 0.3) is 22.0 Å². The van der Waals surface area contributed by atoms with Gasteiger partial charge >= 0.3 is 5.97 Å². The molecule has 122 valence electrons. The van der Waals surface area contributed by atoms with Crippen molar-refractivity contribution in [2.45, 2.75) is 6.92 Å². The van der Waals surface area contributed by atoms with Gasteiger partial charge < -0.3 is 4.74 Å². The van der Waals surface area contributed by atoms with Crippen molar-refractivity contribution in [3.63, 3.8) is 0 Å². The fourth-order valence-electron chi connectivity index (χ4n) is 2.65. The van der Waals surface area contributed by atoms with E-state index in [0.717, 1.165) is 0 Å². The summed E-state index contributed by atoms with van der Waals surface area (Å²) in [5, 5.41) is 0.377. The average Bonchev–Trinajstić information content (AvgIpc) is 2.54. The number of hydrogen-bond acceptors (Lipinski definition) is 3. The standard InChI is InChI=1S/C18H12F3NO2/c1-9-8-22-15-4-3-10(18(23)24-2)5-12(15)16(9)17-13(20)6-11(19)7-14(17)21/h3-8H,1-2H3. The molecule has 0 atom stereocenters. The monoisotopic (exact) mass is 331 g/mol. The van der Waals surface area contributed by atoms with E-state index in [9.17, 15) is 18.0 Å². The van der Waals surface area contributed by atoms with E-state index in [4.69, 9.17) is 0 Å². The largest absolute Gasteiger partial charge is 0.465 e. The number of nitrogens with zero attached hydrogens (tertiary/aromatic N) is 1. The molecule has 0 fully saturated rings. The van der Waals surface area contributed by atoms with Crippen LogP contribution in [0.2, 0.25) is 0 Å². The average molecular weight is 331 g/mol. The predicted octanol–water partition coefficient (Wildman–Crippen LogP) is 4.41. The van der Waals surface area contributed by atoms with Gasteiger partial charge in [0.05, 0.1) is 23.8 Å². The molecule has 3 nitrogen and oxygen atoms in total. The van der Waals surface area contributed by atoms with Crippen molar-refractivity contribution in [3.05, 3.63) is 65.1 Å². The van der Waals surface area contributed by atoms with Crippen molar-refractivity contribution in [1.29, 1.82) is 0 Å². The molecular weight excluding hydrogens is 319 g/mol. The Morgan fingerprint density at radius 2 is 1.71 bits per heavy atom. The number of rotatable bonds is 2. The molecule has 0 saturated carbocycles. The topological polar surface area (TPSA) is 39.2 Å². The first kappa shape index (κ1) is 16.0. The molecule has 3 aromatic rings. The second kappa shape index (κ2) is 5.96. The molecule has 24 heavy (non-hydrogen) atoms. The third-order valence-electron chi connectivity index (χ3n) is 3.74. The van der Waals surface area contributed by atoms with E-state index in [2.05, 4.69) is 9.72 Å². The van der Waals surface area contributed by atoms with Gasteiger partial charge in [0, 0.05) is 29.3 Å². The van der Waals surface area contributed by atoms with Crippen molar-refractivity contribution in [2.24, 2.45) is 0 Å². The van der Waals surface area contributed by atoms with Gasteiger partial charge in [-0.05, 0) is 30.7 Å². The number of carbonyl (C=O) groups is 1. The molecule has 6 heteroatoms. The van der Waals surface area contributed by atoms with Crippen LogP contribution in [0.4, 0.5) is 13.2 Å². The van der Waals surface area contributed by atoms with Gasteiger partial charge in [-0.3, -0.25) is 4.98 Å². The van der Waals surface area contributed by atoms with E-state index >= 15 is 0 Å². The summed E-state index contributed by atoms with van der Waals surface area (Å²) in [5.74, 6) is -3.62. The number of halogens is 3. The van der Waals surface area contributed by atoms with Crippen LogP contribution in [0, 0.1) is 24.4 Å². The van der Waals surface area contributed by atoms with E-state index < -0.39 is 23.4 Å². The first-order chi connectivity index (χ1) is 11.4. The van der Waals surface area contributed by atoms with Gasteiger partial charge in [-0.25, -0.2) is 18.0 Å². The summed E-state index contributed by atoms with van der Waals surface area (Å²) in [6.45, 7) is 1.63. The third-order valence-corrected chi connectivity index (χ3v) is 3.74. The highest BCUT2D eigenvalue weighted by Crippen LogP contribution is 2.35. The summed E-state index contributed by atoms with van der Waals surface area (Å²) in [6, 6.07) is 5.77. The molecule has 3 rings (SSSR count). The Hall–Kier alpha value is -2.89. The molecule has 0 bridgehead atoms. The van der Waals surface area contributed by atoms with Crippen LogP contribution in [0.1, 0.15) is 15.9 Å². The maximum Gasteiger partial charge on any atom is 0.337 e. The summed E-state index contributed by atoms with van der Waals surface area (Å²) in [7, 11) is 1.24. The number of fused-ring (bicyclic) bond motifs is 1. The summed E-state index contributed by atoms with van der Waals surface area (Å²) in [6.07, 6.45) is 1.47. The first-order valence-electron chi connectivity index (χ1n) is 7.05.